The minimum atomic E-state index is -3.87. The summed E-state index contributed by atoms with van der Waals surface area (Å²) in [7, 11) is -5.35. The molecule has 1 aliphatic carbocycles. The Bertz CT molecular complexity index is 584. The Morgan fingerprint density at radius 1 is 1.33 bits per heavy atom. The Morgan fingerprint density at radius 3 is 2.46 bits per heavy atom. The van der Waals surface area contributed by atoms with Crippen LogP contribution < -0.4 is 16.2 Å². The molecule has 1 heterocycles. The highest BCUT2D eigenvalue weighted by molar-refractivity contribution is 7.87. The molecule has 0 unspecified atom stereocenters. The summed E-state index contributed by atoms with van der Waals surface area (Å²) in [6.07, 6.45) is 2.19. The quantitative estimate of drug-likeness (QED) is 0.239. The lowest BCUT2D eigenvalue weighted by molar-refractivity contribution is -0.144. The van der Waals surface area contributed by atoms with Crippen LogP contribution in [0.1, 0.15) is 25.7 Å². The second-order valence-electron chi connectivity index (χ2n) is 6.94. The van der Waals surface area contributed by atoms with Crippen LogP contribution in [0.4, 0.5) is 0 Å². The molecule has 0 aromatic carbocycles. The molecule has 1 saturated heterocycles. The van der Waals surface area contributed by atoms with Crippen molar-refractivity contribution in [2.24, 2.45) is 17.4 Å². The van der Waals surface area contributed by atoms with Gasteiger partial charge in [0.05, 0.1) is 0 Å². The molecule has 2 atom stereocenters. The van der Waals surface area contributed by atoms with E-state index in [0.29, 0.717) is 6.42 Å². The number of carbonyl (C=O) groups is 1. The number of carboxylic acids is 1. The molecule has 10 nitrogen and oxygen atoms in total. The molecule has 0 aromatic heterocycles. The summed E-state index contributed by atoms with van der Waals surface area (Å²) < 4.78 is 28.2. The zero-order chi connectivity index (χ0) is 18.2. The van der Waals surface area contributed by atoms with Crippen molar-refractivity contribution in [3.05, 3.63) is 0 Å². The summed E-state index contributed by atoms with van der Waals surface area (Å²) in [6, 6.07) is 0. The van der Waals surface area contributed by atoms with Crippen LogP contribution in [0.2, 0.25) is 6.32 Å². The maximum absolute atomic E-state index is 12.4. The van der Waals surface area contributed by atoms with Gasteiger partial charge in [0.1, 0.15) is 5.54 Å². The summed E-state index contributed by atoms with van der Waals surface area (Å²) in [5.74, 6) is -1.88. The molecule has 8 N–H and O–H groups in total. The lowest BCUT2D eigenvalue weighted by atomic mass is 9.78. The number of nitrogens with two attached hydrogens (primary N) is 2. The zero-order valence-corrected chi connectivity index (χ0v) is 14.2. The van der Waals surface area contributed by atoms with Crippen LogP contribution in [0.15, 0.2) is 0 Å². The molecule has 2 rings (SSSR count). The van der Waals surface area contributed by atoms with Crippen molar-refractivity contribution in [3.63, 3.8) is 0 Å². The summed E-state index contributed by atoms with van der Waals surface area (Å²) in [5, 5.41) is 27.2. The highest BCUT2D eigenvalue weighted by Crippen LogP contribution is 2.33. The Labute approximate surface area is 141 Å². The Morgan fingerprint density at radius 2 is 1.96 bits per heavy atom. The molecule has 24 heavy (non-hydrogen) atoms. The standard InChI is InChI=1S/C12H25BN4O6S/c14-11(3-4-11)7-16-24(22,23)17-6-9(2-1-5-13(20)21)12(15,8-17)10(18)19/h9,16,20-21H,1-8,14-15H2,(H,18,19)/t9-,12-/m0/s1. The molecule has 0 aromatic rings. The minimum absolute atomic E-state index is 0.0305. The van der Waals surface area contributed by atoms with E-state index >= 15 is 0 Å². The number of rotatable bonds is 9. The van der Waals surface area contributed by atoms with E-state index in [4.69, 9.17) is 21.5 Å². The molecular weight excluding hydrogens is 339 g/mol. The second-order valence-corrected chi connectivity index (χ2v) is 8.69. The third-order valence-corrected chi connectivity index (χ3v) is 6.31. The van der Waals surface area contributed by atoms with Gasteiger partial charge in [0, 0.05) is 31.1 Å². The molecular formula is C12H25BN4O6S. The smallest absolute Gasteiger partial charge is 0.451 e. The average Bonchev–Trinajstić information content (AvgIpc) is 3.10. The van der Waals surface area contributed by atoms with Gasteiger partial charge in [-0.15, -0.1) is 0 Å². The van der Waals surface area contributed by atoms with Gasteiger partial charge in [-0.05, 0) is 25.6 Å². The van der Waals surface area contributed by atoms with Crippen molar-refractivity contribution >= 4 is 23.3 Å². The highest BCUT2D eigenvalue weighted by atomic mass is 32.2. The highest BCUT2D eigenvalue weighted by Gasteiger charge is 2.52. The first-order valence-corrected chi connectivity index (χ1v) is 9.35. The van der Waals surface area contributed by atoms with E-state index < -0.39 is 40.3 Å². The molecule has 0 radical (unpaired) electrons. The number of aliphatic carboxylic acids is 1. The Hall–Kier alpha value is -0.755. The Balaban J connectivity index is 2.02. The van der Waals surface area contributed by atoms with Crippen molar-refractivity contribution in [3.8, 4) is 0 Å². The fourth-order valence-electron chi connectivity index (χ4n) is 2.88. The fourth-order valence-corrected chi connectivity index (χ4v) is 4.29. The van der Waals surface area contributed by atoms with E-state index in [1.807, 2.05) is 0 Å². The van der Waals surface area contributed by atoms with E-state index in [1.54, 1.807) is 0 Å². The van der Waals surface area contributed by atoms with Crippen molar-refractivity contribution in [2.45, 2.75) is 43.1 Å². The summed E-state index contributed by atoms with van der Waals surface area (Å²) in [4.78, 5) is 11.5. The first kappa shape index (κ1) is 19.6. The van der Waals surface area contributed by atoms with Crippen LogP contribution in [0.5, 0.6) is 0 Å². The van der Waals surface area contributed by atoms with Crippen molar-refractivity contribution in [2.75, 3.05) is 19.6 Å². The Kier molecular flexibility index (Phi) is 5.60. The van der Waals surface area contributed by atoms with E-state index in [9.17, 15) is 18.3 Å². The SMILES string of the molecule is NC1(CNS(=O)(=O)N2C[C@H](CCCB(O)O)[C@](N)(C(=O)O)C2)CC1. The lowest BCUT2D eigenvalue weighted by Crippen LogP contribution is -2.55. The topological polar surface area (TPSA) is 179 Å². The van der Waals surface area contributed by atoms with Crippen LogP contribution >= 0.6 is 0 Å². The predicted molar refractivity (Wildman–Crippen MR) is 86.9 cm³/mol. The third kappa shape index (κ3) is 4.45. The summed E-state index contributed by atoms with van der Waals surface area (Å²) >= 11 is 0. The van der Waals surface area contributed by atoms with Crippen molar-refractivity contribution in [1.29, 1.82) is 0 Å². The van der Waals surface area contributed by atoms with Gasteiger partial charge in [-0.25, -0.2) is 4.72 Å². The molecule has 1 saturated carbocycles. The normalized spacial score (nSPS) is 29.6. The predicted octanol–water partition coefficient (Wildman–Crippen LogP) is -2.72. The van der Waals surface area contributed by atoms with Gasteiger partial charge in [-0.2, -0.15) is 12.7 Å². The largest absolute Gasteiger partial charge is 0.480 e. The first-order chi connectivity index (χ1) is 11.0. The summed E-state index contributed by atoms with van der Waals surface area (Å²) in [6.45, 7) is -0.253. The maximum atomic E-state index is 12.4. The number of nitrogens with one attached hydrogen (secondary N) is 1. The van der Waals surface area contributed by atoms with Crippen molar-refractivity contribution in [1.82, 2.24) is 9.03 Å². The van der Waals surface area contributed by atoms with Crippen LogP contribution in [-0.2, 0) is 15.0 Å². The van der Waals surface area contributed by atoms with E-state index in [-0.39, 0.29) is 32.4 Å². The molecule has 2 fully saturated rings. The van der Waals surface area contributed by atoms with E-state index in [2.05, 4.69) is 4.72 Å². The van der Waals surface area contributed by atoms with Crippen molar-refractivity contribution < 1.29 is 28.4 Å². The van der Waals surface area contributed by atoms with Crippen LogP contribution in [-0.4, -0.2) is 71.7 Å². The van der Waals surface area contributed by atoms with Gasteiger partial charge in [0.25, 0.3) is 10.2 Å². The number of carboxylic acid groups (broad SMARTS) is 1. The molecule has 0 bridgehead atoms. The molecule has 12 heteroatoms. The number of hydrogen-bond acceptors (Lipinski definition) is 7. The molecule has 138 valence electrons. The van der Waals surface area contributed by atoms with Crippen LogP contribution in [0.25, 0.3) is 0 Å². The first-order valence-electron chi connectivity index (χ1n) is 7.91. The van der Waals surface area contributed by atoms with Crippen LogP contribution in [0.3, 0.4) is 0 Å². The summed E-state index contributed by atoms with van der Waals surface area (Å²) in [5.41, 5.74) is 9.62. The van der Waals surface area contributed by atoms with Gasteiger partial charge in [0.15, 0.2) is 0 Å². The van der Waals surface area contributed by atoms with Crippen LogP contribution in [0, 0.1) is 5.92 Å². The maximum Gasteiger partial charge on any atom is 0.451 e. The molecule has 0 amide bonds. The number of hydrogen-bond donors (Lipinski definition) is 6. The van der Waals surface area contributed by atoms with Gasteiger partial charge in [-0.3, -0.25) is 4.79 Å². The van der Waals surface area contributed by atoms with E-state index in [1.165, 1.54) is 0 Å². The molecule has 1 aliphatic heterocycles. The monoisotopic (exact) mass is 364 g/mol. The number of nitrogens with zero attached hydrogens (tertiary/aromatic N) is 1. The average molecular weight is 364 g/mol. The zero-order valence-electron chi connectivity index (χ0n) is 13.4. The van der Waals surface area contributed by atoms with Gasteiger partial charge < -0.3 is 26.6 Å². The lowest BCUT2D eigenvalue weighted by Gasteiger charge is -2.25. The van der Waals surface area contributed by atoms with Gasteiger partial charge in [0.2, 0.25) is 0 Å². The molecule has 2 aliphatic rings. The second kappa shape index (κ2) is 6.86. The van der Waals surface area contributed by atoms with Gasteiger partial charge in [-0.1, -0.05) is 6.42 Å². The fraction of sp³-hybridized carbons (Fsp3) is 0.917. The minimum Gasteiger partial charge on any atom is -0.480 e. The van der Waals surface area contributed by atoms with E-state index in [0.717, 1.165) is 17.1 Å². The third-order valence-electron chi connectivity index (χ3n) is 4.84. The molecule has 0 spiro atoms. The van der Waals surface area contributed by atoms with Gasteiger partial charge >= 0.3 is 13.1 Å².